The van der Waals surface area contributed by atoms with Crippen molar-refractivity contribution in [3.05, 3.63) is 42.1 Å². The third kappa shape index (κ3) is 2.72. The number of nitrogens with zero attached hydrogens (tertiary/aromatic N) is 4. The van der Waals surface area contributed by atoms with Crippen LogP contribution < -0.4 is 0 Å². The maximum absolute atomic E-state index is 12.9. The number of pyridine rings is 1. The lowest BCUT2D eigenvalue weighted by Crippen LogP contribution is -2.35. The molecule has 0 N–H and O–H groups in total. The molecule has 2 aromatic rings. The molecule has 1 saturated carbocycles. The summed E-state index contributed by atoms with van der Waals surface area (Å²) < 4.78 is 1.99. The van der Waals surface area contributed by atoms with Gasteiger partial charge in [-0.05, 0) is 44.7 Å². The van der Waals surface area contributed by atoms with Crippen LogP contribution in [0.5, 0.6) is 0 Å². The molecule has 2 aliphatic rings. The average molecular weight is 324 g/mol. The molecule has 24 heavy (non-hydrogen) atoms. The van der Waals surface area contributed by atoms with E-state index in [1.807, 2.05) is 29.8 Å². The van der Waals surface area contributed by atoms with Crippen molar-refractivity contribution in [2.24, 2.45) is 5.92 Å². The van der Waals surface area contributed by atoms with Gasteiger partial charge in [-0.25, -0.2) is 9.97 Å². The maximum Gasteiger partial charge on any atom is 0.226 e. The Labute approximate surface area is 142 Å². The SMILES string of the molecule is Cc1nccn1-c1cccc(C2CCCN2C(=O)C2CCCC2)n1. The standard InChI is InChI=1S/C19H24N4O/c1-14-20-11-13-22(14)18-10-4-8-16(21-18)17-9-5-12-23(17)19(24)15-6-2-3-7-15/h4,8,10-11,13,15,17H,2-3,5-7,9,12H2,1H3. The van der Waals surface area contributed by atoms with E-state index < -0.39 is 0 Å². The van der Waals surface area contributed by atoms with Crippen LogP contribution in [0, 0.1) is 12.8 Å². The second kappa shape index (κ2) is 6.38. The van der Waals surface area contributed by atoms with E-state index in [1.54, 1.807) is 6.20 Å². The first kappa shape index (κ1) is 15.4. The predicted molar refractivity (Wildman–Crippen MR) is 91.7 cm³/mol. The van der Waals surface area contributed by atoms with Crippen LogP contribution in [0.15, 0.2) is 30.6 Å². The van der Waals surface area contributed by atoms with Gasteiger partial charge in [0, 0.05) is 24.9 Å². The van der Waals surface area contributed by atoms with Crippen molar-refractivity contribution in [3.63, 3.8) is 0 Å². The fourth-order valence-corrected chi connectivity index (χ4v) is 4.12. The summed E-state index contributed by atoms with van der Waals surface area (Å²) in [6, 6.07) is 6.21. The summed E-state index contributed by atoms with van der Waals surface area (Å²) in [7, 11) is 0. The van der Waals surface area contributed by atoms with Crippen molar-refractivity contribution in [1.29, 1.82) is 0 Å². The van der Waals surface area contributed by atoms with Crippen LogP contribution in [0.1, 0.15) is 56.1 Å². The number of aryl methyl sites for hydroxylation is 1. The van der Waals surface area contributed by atoms with Crippen molar-refractivity contribution < 1.29 is 4.79 Å². The summed E-state index contributed by atoms with van der Waals surface area (Å²) in [5.41, 5.74) is 1.00. The van der Waals surface area contributed by atoms with Crippen LogP contribution >= 0.6 is 0 Å². The quantitative estimate of drug-likeness (QED) is 0.869. The summed E-state index contributed by atoms with van der Waals surface area (Å²) >= 11 is 0. The molecule has 3 heterocycles. The van der Waals surface area contributed by atoms with Gasteiger partial charge in [0.05, 0.1) is 11.7 Å². The number of amides is 1. The number of carbonyl (C=O) groups is 1. The minimum absolute atomic E-state index is 0.127. The minimum Gasteiger partial charge on any atom is -0.334 e. The molecule has 5 nitrogen and oxygen atoms in total. The van der Waals surface area contributed by atoms with E-state index in [9.17, 15) is 4.79 Å². The van der Waals surface area contributed by atoms with E-state index in [0.717, 1.165) is 49.6 Å². The Morgan fingerprint density at radius 1 is 1.17 bits per heavy atom. The largest absolute Gasteiger partial charge is 0.334 e. The highest BCUT2D eigenvalue weighted by atomic mass is 16.2. The lowest BCUT2D eigenvalue weighted by molar-refractivity contribution is -0.136. The summed E-state index contributed by atoms with van der Waals surface area (Å²) in [6.45, 7) is 2.84. The predicted octanol–water partition coefficient (Wildman–Crippen LogP) is 3.43. The molecule has 2 aromatic heterocycles. The fourth-order valence-electron chi connectivity index (χ4n) is 4.12. The Morgan fingerprint density at radius 3 is 2.75 bits per heavy atom. The van der Waals surface area contributed by atoms with Gasteiger partial charge in [0.15, 0.2) is 0 Å². The van der Waals surface area contributed by atoms with Crippen molar-refractivity contribution in [2.75, 3.05) is 6.54 Å². The Kier molecular flexibility index (Phi) is 4.08. The molecule has 1 saturated heterocycles. The van der Waals surface area contributed by atoms with E-state index in [4.69, 9.17) is 4.98 Å². The van der Waals surface area contributed by atoms with Crippen LogP contribution in [0.4, 0.5) is 0 Å². The van der Waals surface area contributed by atoms with Crippen LogP contribution in [0.25, 0.3) is 5.82 Å². The number of likely N-dealkylation sites (tertiary alicyclic amines) is 1. The molecule has 2 fully saturated rings. The number of hydrogen-bond acceptors (Lipinski definition) is 3. The summed E-state index contributed by atoms with van der Waals surface area (Å²) in [4.78, 5) is 24.1. The molecule has 0 radical (unpaired) electrons. The number of hydrogen-bond donors (Lipinski definition) is 0. The number of rotatable bonds is 3. The molecule has 0 spiro atoms. The van der Waals surface area contributed by atoms with Crippen molar-refractivity contribution in [1.82, 2.24) is 19.4 Å². The number of aromatic nitrogens is 3. The third-order valence-corrected chi connectivity index (χ3v) is 5.41. The van der Waals surface area contributed by atoms with Gasteiger partial charge in [0.25, 0.3) is 0 Å². The molecule has 1 aliphatic carbocycles. The Hall–Kier alpha value is -2.17. The summed E-state index contributed by atoms with van der Waals surface area (Å²) in [5.74, 6) is 2.39. The van der Waals surface area contributed by atoms with Gasteiger partial charge in [-0.2, -0.15) is 0 Å². The first-order valence-electron chi connectivity index (χ1n) is 9.02. The van der Waals surface area contributed by atoms with E-state index in [2.05, 4.69) is 16.0 Å². The highest BCUT2D eigenvalue weighted by Gasteiger charge is 2.35. The lowest BCUT2D eigenvalue weighted by atomic mass is 10.0. The minimum atomic E-state index is 0.127. The molecule has 5 heteroatoms. The second-order valence-corrected chi connectivity index (χ2v) is 6.94. The molecule has 126 valence electrons. The van der Waals surface area contributed by atoms with Crippen molar-refractivity contribution in [3.8, 4) is 5.82 Å². The first-order valence-corrected chi connectivity index (χ1v) is 9.02. The highest BCUT2D eigenvalue weighted by molar-refractivity contribution is 5.79. The highest BCUT2D eigenvalue weighted by Crippen LogP contribution is 2.35. The van der Waals surface area contributed by atoms with E-state index >= 15 is 0 Å². The van der Waals surface area contributed by atoms with Crippen LogP contribution in [0.2, 0.25) is 0 Å². The molecule has 1 amide bonds. The van der Waals surface area contributed by atoms with Crippen molar-refractivity contribution in [2.45, 2.75) is 51.5 Å². The zero-order valence-corrected chi connectivity index (χ0v) is 14.2. The topological polar surface area (TPSA) is 51.0 Å². The van der Waals surface area contributed by atoms with Gasteiger partial charge < -0.3 is 4.90 Å². The second-order valence-electron chi connectivity index (χ2n) is 6.94. The molecule has 1 unspecified atom stereocenters. The molecule has 0 aromatic carbocycles. The Morgan fingerprint density at radius 2 is 2.00 bits per heavy atom. The molecule has 1 aliphatic heterocycles. The average Bonchev–Trinajstić information content (AvgIpc) is 3.35. The zero-order chi connectivity index (χ0) is 16.5. The molecular weight excluding hydrogens is 300 g/mol. The third-order valence-electron chi connectivity index (χ3n) is 5.41. The van der Waals surface area contributed by atoms with Gasteiger partial charge in [-0.3, -0.25) is 9.36 Å². The zero-order valence-electron chi connectivity index (χ0n) is 14.2. The normalized spacial score (nSPS) is 21.5. The van der Waals surface area contributed by atoms with E-state index in [1.165, 1.54) is 12.8 Å². The molecular formula is C19H24N4O. The smallest absolute Gasteiger partial charge is 0.226 e. The Bertz CT molecular complexity index is 732. The van der Waals surface area contributed by atoms with Gasteiger partial charge >= 0.3 is 0 Å². The number of imidazole rings is 1. The summed E-state index contributed by atoms with van der Waals surface area (Å²) in [6.07, 6.45) is 10.3. The molecule has 4 rings (SSSR count). The van der Waals surface area contributed by atoms with Crippen molar-refractivity contribution >= 4 is 5.91 Å². The van der Waals surface area contributed by atoms with Gasteiger partial charge in [-0.15, -0.1) is 0 Å². The van der Waals surface area contributed by atoms with Gasteiger partial charge in [0.1, 0.15) is 11.6 Å². The van der Waals surface area contributed by atoms with E-state index in [0.29, 0.717) is 5.91 Å². The van der Waals surface area contributed by atoms with Gasteiger partial charge in [-0.1, -0.05) is 18.9 Å². The lowest BCUT2D eigenvalue weighted by Gasteiger charge is -2.27. The number of carbonyl (C=O) groups excluding carboxylic acids is 1. The van der Waals surface area contributed by atoms with Crippen LogP contribution in [-0.4, -0.2) is 31.9 Å². The monoisotopic (exact) mass is 324 g/mol. The first-order chi connectivity index (χ1) is 11.7. The molecule has 1 atom stereocenters. The maximum atomic E-state index is 12.9. The fraction of sp³-hybridized carbons (Fsp3) is 0.526. The Balaban J connectivity index is 1.60. The van der Waals surface area contributed by atoms with E-state index in [-0.39, 0.29) is 12.0 Å². The van der Waals surface area contributed by atoms with Gasteiger partial charge in [0.2, 0.25) is 5.91 Å². The molecule has 0 bridgehead atoms. The van der Waals surface area contributed by atoms with Crippen LogP contribution in [-0.2, 0) is 4.79 Å². The summed E-state index contributed by atoms with van der Waals surface area (Å²) in [5, 5.41) is 0. The van der Waals surface area contributed by atoms with Crippen LogP contribution in [0.3, 0.4) is 0 Å².